The van der Waals surface area contributed by atoms with E-state index in [0.29, 0.717) is 11.4 Å². The highest BCUT2D eigenvalue weighted by atomic mass is 79.9. The van der Waals surface area contributed by atoms with Gasteiger partial charge < -0.3 is 10.4 Å². The fourth-order valence-corrected chi connectivity index (χ4v) is 3.38. The number of halogens is 2. The minimum atomic E-state index is -0.879. The lowest BCUT2D eigenvalue weighted by molar-refractivity contribution is 0.0702. The lowest BCUT2D eigenvalue weighted by atomic mass is 10.3. The highest BCUT2D eigenvalue weighted by Crippen LogP contribution is 2.27. The monoisotopic (exact) mass is 389 g/mol. The summed E-state index contributed by atoms with van der Waals surface area (Å²) in [7, 11) is 0. The van der Waals surface area contributed by atoms with Crippen molar-refractivity contribution in [2.24, 2.45) is 0 Å². The van der Waals surface area contributed by atoms with Gasteiger partial charge in [-0.25, -0.2) is 4.79 Å². The van der Waals surface area contributed by atoms with E-state index in [9.17, 15) is 4.79 Å². The Kier molecular flexibility index (Phi) is 4.42. The van der Waals surface area contributed by atoms with Crippen LogP contribution in [0.25, 0.3) is 0 Å². The van der Waals surface area contributed by atoms with Crippen LogP contribution in [0.1, 0.15) is 14.5 Å². The number of thiophene rings is 1. The first-order valence-electron chi connectivity index (χ1n) is 5.07. The van der Waals surface area contributed by atoms with E-state index < -0.39 is 5.97 Å². The zero-order valence-corrected chi connectivity index (χ0v) is 13.1. The maximum absolute atomic E-state index is 10.8. The molecule has 3 nitrogen and oxygen atoms in total. The summed E-state index contributed by atoms with van der Waals surface area (Å²) in [5.41, 5.74) is 0.975. The zero-order valence-electron chi connectivity index (χ0n) is 9.11. The first-order chi connectivity index (χ1) is 8.56. The van der Waals surface area contributed by atoms with Crippen molar-refractivity contribution in [3.8, 4) is 0 Å². The molecule has 0 fully saturated rings. The highest BCUT2D eigenvalue weighted by molar-refractivity contribution is 9.11. The van der Waals surface area contributed by atoms with Crippen molar-refractivity contribution in [1.82, 2.24) is 0 Å². The van der Waals surface area contributed by atoms with Crippen molar-refractivity contribution in [3.05, 3.63) is 49.0 Å². The number of carboxylic acids is 1. The molecule has 2 N–H and O–H groups in total. The van der Waals surface area contributed by atoms with Gasteiger partial charge in [0.1, 0.15) is 4.88 Å². The lowest BCUT2D eigenvalue weighted by Crippen LogP contribution is -1.98. The van der Waals surface area contributed by atoms with E-state index in [1.165, 1.54) is 11.3 Å². The molecule has 0 spiro atoms. The number of carbonyl (C=O) groups is 1. The van der Waals surface area contributed by atoms with Crippen molar-refractivity contribution >= 4 is 54.9 Å². The quantitative estimate of drug-likeness (QED) is 0.802. The number of hydrogen-bond donors (Lipinski definition) is 2. The normalized spacial score (nSPS) is 10.3. The van der Waals surface area contributed by atoms with Crippen LogP contribution in [0, 0.1) is 0 Å². The lowest BCUT2D eigenvalue weighted by Gasteiger charge is -2.07. The molecule has 1 heterocycles. The highest BCUT2D eigenvalue weighted by Gasteiger charge is 2.07. The predicted molar refractivity (Wildman–Crippen MR) is 80.4 cm³/mol. The Balaban J connectivity index is 2.04. The summed E-state index contributed by atoms with van der Waals surface area (Å²) in [6, 6.07) is 9.32. The molecule has 1 aromatic carbocycles. The average Bonchev–Trinajstić information content (AvgIpc) is 2.76. The van der Waals surface area contributed by atoms with Crippen LogP contribution in [0.5, 0.6) is 0 Å². The SMILES string of the molecule is O=C(O)c1ccc(CNc2ccc(Br)cc2Br)s1. The van der Waals surface area contributed by atoms with Crippen LogP contribution in [0.3, 0.4) is 0 Å². The second-order valence-electron chi connectivity index (χ2n) is 3.55. The van der Waals surface area contributed by atoms with E-state index in [2.05, 4.69) is 37.2 Å². The van der Waals surface area contributed by atoms with Gasteiger partial charge >= 0.3 is 5.97 Å². The van der Waals surface area contributed by atoms with Gasteiger partial charge in [-0.05, 0) is 46.3 Å². The van der Waals surface area contributed by atoms with Crippen molar-refractivity contribution < 1.29 is 9.90 Å². The summed E-state index contributed by atoms with van der Waals surface area (Å²) >= 11 is 8.14. The molecule has 2 aromatic rings. The summed E-state index contributed by atoms with van der Waals surface area (Å²) in [4.78, 5) is 12.1. The Hall–Kier alpha value is -0.850. The number of carboxylic acid groups (broad SMARTS) is 1. The van der Waals surface area contributed by atoms with Crippen molar-refractivity contribution in [2.75, 3.05) is 5.32 Å². The fraction of sp³-hybridized carbons (Fsp3) is 0.0833. The molecule has 0 aliphatic rings. The van der Waals surface area contributed by atoms with Crippen LogP contribution in [0.15, 0.2) is 39.3 Å². The Labute approximate surface area is 125 Å². The number of aromatic carboxylic acids is 1. The number of nitrogens with one attached hydrogen (secondary N) is 1. The van der Waals surface area contributed by atoms with Crippen molar-refractivity contribution in [3.63, 3.8) is 0 Å². The van der Waals surface area contributed by atoms with E-state index in [1.807, 2.05) is 24.3 Å². The van der Waals surface area contributed by atoms with Gasteiger partial charge in [-0.2, -0.15) is 0 Å². The average molecular weight is 391 g/mol. The maximum Gasteiger partial charge on any atom is 0.345 e. The van der Waals surface area contributed by atoms with Gasteiger partial charge in [0.05, 0.1) is 0 Å². The molecular weight excluding hydrogens is 382 g/mol. The van der Waals surface area contributed by atoms with E-state index in [0.717, 1.165) is 19.5 Å². The Morgan fingerprint density at radius 3 is 2.67 bits per heavy atom. The van der Waals surface area contributed by atoms with Crippen LogP contribution in [-0.2, 0) is 6.54 Å². The number of anilines is 1. The van der Waals surface area contributed by atoms with Crippen LogP contribution in [0.4, 0.5) is 5.69 Å². The third kappa shape index (κ3) is 3.34. The molecule has 0 saturated heterocycles. The molecule has 0 aliphatic carbocycles. The Morgan fingerprint density at radius 1 is 1.28 bits per heavy atom. The molecule has 18 heavy (non-hydrogen) atoms. The van der Waals surface area contributed by atoms with Gasteiger partial charge in [-0.15, -0.1) is 11.3 Å². The molecule has 0 unspecified atom stereocenters. The Bertz CT molecular complexity index is 583. The molecule has 0 radical (unpaired) electrons. The smallest absolute Gasteiger partial charge is 0.345 e. The molecule has 0 atom stereocenters. The van der Waals surface area contributed by atoms with E-state index in [1.54, 1.807) is 6.07 Å². The Morgan fingerprint density at radius 2 is 2.06 bits per heavy atom. The van der Waals surface area contributed by atoms with Gasteiger partial charge in [0.2, 0.25) is 0 Å². The fourth-order valence-electron chi connectivity index (χ4n) is 1.40. The summed E-state index contributed by atoms with van der Waals surface area (Å²) in [6.45, 7) is 0.609. The van der Waals surface area contributed by atoms with E-state index in [4.69, 9.17) is 5.11 Å². The molecule has 0 aliphatic heterocycles. The summed E-state index contributed by atoms with van der Waals surface area (Å²) in [5.74, 6) is -0.879. The van der Waals surface area contributed by atoms with Gasteiger partial charge in [0.25, 0.3) is 0 Å². The third-order valence-electron chi connectivity index (χ3n) is 2.26. The first-order valence-corrected chi connectivity index (χ1v) is 7.47. The van der Waals surface area contributed by atoms with E-state index in [-0.39, 0.29) is 0 Å². The minimum Gasteiger partial charge on any atom is -0.477 e. The first kappa shape index (κ1) is 13.6. The largest absolute Gasteiger partial charge is 0.477 e. The molecular formula is C12H9Br2NO2S. The van der Waals surface area contributed by atoms with Crippen LogP contribution in [0.2, 0.25) is 0 Å². The second-order valence-corrected chi connectivity index (χ2v) is 6.49. The van der Waals surface area contributed by atoms with Crippen LogP contribution < -0.4 is 5.32 Å². The van der Waals surface area contributed by atoms with Gasteiger partial charge in [-0.1, -0.05) is 15.9 Å². The molecule has 2 rings (SSSR count). The van der Waals surface area contributed by atoms with Crippen molar-refractivity contribution in [1.29, 1.82) is 0 Å². The molecule has 0 bridgehead atoms. The third-order valence-corrected chi connectivity index (χ3v) is 4.48. The predicted octanol–water partition coefficient (Wildman–Crippen LogP) is 4.58. The minimum absolute atomic E-state index is 0.363. The van der Waals surface area contributed by atoms with Gasteiger partial charge in [-0.3, -0.25) is 0 Å². The summed E-state index contributed by atoms with van der Waals surface area (Å²) in [5, 5.41) is 12.1. The molecule has 1 aromatic heterocycles. The second kappa shape index (κ2) is 5.86. The summed E-state index contributed by atoms with van der Waals surface area (Å²) < 4.78 is 1.97. The maximum atomic E-state index is 10.8. The zero-order chi connectivity index (χ0) is 13.1. The molecule has 94 valence electrons. The van der Waals surface area contributed by atoms with Crippen LogP contribution >= 0.6 is 43.2 Å². The summed E-state index contributed by atoms with van der Waals surface area (Å²) in [6.07, 6.45) is 0. The topological polar surface area (TPSA) is 49.3 Å². The van der Waals surface area contributed by atoms with Crippen molar-refractivity contribution in [2.45, 2.75) is 6.54 Å². The van der Waals surface area contributed by atoms with Crippen LogP contribution in [-0.4, -0.2) is 11.1 Å². The molecule has 0 amide bonds. The van der Waals surface area contributed by atoms with E-state index >= 15 is 0 Å². The number of rotatable bonds is 4. The molecule has 6 heteroatoms. The van der Waals surface area contributed by atoms with Gasteiger partial charge in [0.15, 0.2) is 0 Å². The number of benzene rings is 1. The number of hydrogen-bond acceptors (Lipinski definition) is 3. The molecule has 0 saturated carbocycles. The standard InChI is InChI=1S/C12H9Br2NO2S/c13-7-1-3-10(9(14)5-7)15-6-8-2-4-11(18-8)12(16)17/h1-5,15H,6H2,(H,16,17). The van der Waals surface area contributed by atoms with Gasteiger partial charge in [0, 0.05) is 26.1 Å².